The lowest BCUT2D eigenvalue weighted by atomic mass is 10.2. The molecule has 0 bridgehead atoms. The number of carbonyl (C=O) groups is 4. The summed E-state index contributed by atoms with van der Waals surface area (Å²) in [6, 6.07) is 6.49. The highest BCUT2D eigenvalue weighted by atomic mass is 32.2. The Balaban J connectivity index is 0.000000574. The van der Waals surface area contributed by atoms with Crippen molar-refractivity contribution >= 4 is 33.8 Å². The first-order valence-corrected chi connectivity index (χ1v) is 13.3. The fraction of sp³-hybridized carbons (Fsp3) is 0.435. The molecule has 0 radical (unpaired) electrons. The van der Waals surface area contributed by atoms with Crippen LogP contribution in [0.4, 0.5) is 26.3 Å². The third-order valence-corrected chi connectivity index (χ3v) is 7.13. The van der Waals surface area contributed by atoms with Gasteiger partial charge in [0.05, 0.1) is 24.5 Å². The molecule has 3 N–H and O–H groups in total. The summed E-state index contributed by atoms with van der Waals surface area (Å²) in [5.41, 5.74) is 0.951. The lowest BCUT2D eigenvalue weighted by Gasteiger charge is -2.21. The average molecular weight is 663 g/mol. The average Bonchev–Trinajstić information content (AvgIpc) is 3.27. The lowest BCUT2D eigenvalue weighted by Crippen LogP contribution is -2.40. The summed E-state index contributed by atoms with van der Waals surface area (Å²) in [5, 5.41) is 17.1. The van der Waals surface area contributed by atoms with Crippen LogP contribution in [-0.2, 0) is 31.0 Å². The van der Waals surface area contributed by atoms with Gasteiger partial charge in [0.2, 0.25) is 15.9 Å². The minimum Gasteiger partial charge on any atom is -0.475 e. The van der Waals surface area contributed by atoms with Gasteiger partial charge in [-0.3, -0.25) is 14.2 Å². The zero-order valence-electron chi connectivity index (χ0n) is 23.5. The topological polar surface area (TPSA) is 182 Å². The monoisotopic (exact) mass is 662 g/mol. The van der Waals surface area contributed by atoms with Crippen LogP contribution < -0.4 is 5.32 Å². The molecule has 1 aliphatic heterocycles. The van der Waals surface area contributed by atoms with Crippen molar-refractivity contribution in [3.05, 3.63) is 42.0 Å². The van der Waals surface area contributed by atoms with Gasteiger partial charge in [0, 0.05) is 27.2 Å². The fourth-order valence-electron chi connectivity index (χ4n) is 3.10. The molecular formula is C23H28F6N6O8S. The van der Waals surface area contributed by atoms with Gasteiger partial charge in [0.25, 0.3) is 5.91 Å². The van der Waals surface area contributed by atoms with Gasteiger partial charge < -0.3 is 25.3 Å². The van der Waals surface area contributed by atoms with Crippen LogP contribution in [-0.4, -0.2) is 126 Å². The van der Waals surface area contributed by atoms with Gasteiger partial charge in [-0.05, 0) is 26.2 Å². The Morgan fingerprint density at radius 3 is 1.91 bits per heavy atom. The molecule has 1 aromatic heterocycles. The Morgan fingerprint density at radius 1 is 0.955 bits per heavy atom. The number of aliphatic carboxylic acids is 2. The second-order valence-electron chi connectivity index (χ2n) is 9.10. The van der Waals surface area contributed by atoms with E-state index in [2.05, 4.69) is 10.3 Å². The zero-order chi connectivity index (χ0) is 34.2. The van der Waals surface area contributed by atoms with Gasteiger partial charge in [-0.2, -0.15) is 30.6 Å². The Hall–Kier alpha value is -4.24. The number of carboxylic acids is 2. The van der Waals surface area contributed by atoms with E-state index in [4.69, 9.17) is 19.8 Å². The highest BCUT2D eigenvalue weighted by Gasteiger charge is 2.39. The predicted molar refractivity (Wildman–Crippen MR) is 138 cm³/mol. The normalized spacial score (nSPS) is 14.0. The van der Waals surface area contributed by atoms with Gasteiger partial charge in [0.1, 0.15) is 11.2 Å². The molecule has 0 unspecified atom stereocenters. The number of nitrogens with zero attached hydrogens (tertiary/aromatic N) is 5. The summed E-state index contributed by atoms with van der Waals surface area (Å²) >= 11 is 0. The number of sulfonamides is 1. The van der Waals surface area contributed by atoms with E-state index < -0.39 is 34.3 Å². The van der Waals surface area contributed by atoms with E-state index in [0.29, 0.717) is 24.5 Å². The first-order valence-electron chi connectivity index (χ1n) is 11.9. The molecule has 44 heavy (non-hydrogen) atoms. The number of imidazole rings is 1. The molecule has 246 valence electrons. The fourth-order valence-corrected chi connectivity index (χ4v) is 4.63. The number of carboxylic acid groups (broad SMARTS) is 2. The van der Waals surface area contributed by atoms with Crippen LogP contribution >= 0.6 is 0 Å². The van der Waals surface area contributed by atoms with Crippen molar-refractivity contribution in [2.75, 3.05) is 47.8 Å². The Labute approximate surface area is 246 Å². The second kappa shape index (κ2) is 15.0. The molecule has 2 heterocycles. The van der Waals surface area contributed by atoms with E-state index >= 15 is 0 Å². The standard InChI is InChI=1S/C19H26N6O4S.2C2HF3O2/c1-22(2)10-9-20-19(27)18-15-11-24(12-17(26)23(3)4)30(28,29)16-8-6-5-7-14(16)25(15)13-21-18;2*3-2(4,5)1(6)7/h5-8,13H,9-12H2,1-4H3,(H,20,27);2*(H,6,7). The van der Waals surface area contributed by atoms with E-state index in [0.717, 1.165) is 4.31 Å². The van der Waals surface area contributed by atoms with E-state index in [1.807, 2.05) is 19.0 Å². The Bertz CT molecular complexity index is 1430. The Kier molecular flexibility index (Phi) is 12.9. The quantitative estimate of drug-likeness (QED) is 0.378. The van der Waals surface area contributed by atoms with Crippen LogP contribution in [0.15, 0.2) is 35.5 Å². The number of alkyl halides is 6. The number of benzene rings is 1. The number of amides is 2. The van der Waals surface area contributed by atoms with E-state index in [1.54, 1.807) is 36.9 Å². The molecule has 1 aliphatic rings. The van der Waals surface area contributed by atoms with Crippen molar-refractivity contribution in [3.8, 4) is 5.69 Å². The molecular weight excluding hydrogens is 634 g/mol. The molecule has 1 aromatic carbocycles. The number of hydrogen-bond acceptors (Lipinski definition) is 8. The van der Waals surface area contributed by atoms with Crippen molar-refractivity contribution in [2.45, 2.75) is 23.8 Å². The molecule has 2 amide bonds. The van der Waals surface area contributed by atoms with Crippen molar-refractivity contribution in [3.63, 3.8) is 0 Å². The number of likely N-dealkylation sites (N-methyl/N-ethyl adjacent to an activating group) is 2. The number of aromatic nitrogens is 2. The van der Waals surface area contributed by atoms with Gasteiger partial charge in [-0.15, -0.1) is 0 Å². The van der Waals surface area contributed by atoms with Crippen LogP contribution in [0.1, 0.15) is 16.2 Å². The largest absolute Gasteiger partial charge is 0.490 e. The van der Waals surface area contributed by atoms with Crippen LogP contribution in [0.5, 0.6) is 0 Å². The molecule has 2 aromatic rings. The SMILES string of the molecule is CN(C)CCNC(=O)c1ncn2c1CN(CC(=O)N(C)C)S(=O)(=O)c1ccccc1-2.O=C(O)C(F)(F)F.O=C(O)C(F)(F)F. The highest BCUT2D eigenvalue weighted by molar-refractivity contribution is 7.89. The molecule has 0 fully saturated rings. The molecule has 14 nitrogen and oxygen atoms in total. The maximum atomic E-state index is 13.3. The number of halogens is 6. The van der Waals surface area contributed by atoms with Gasteiger partial charge in [-0.25, -0.2) is 23.0 Å². The number of rotatable bonds is 6. The highest BCUT2D eigenvalue weighted by Crippen LogP contribution is 2.31. The third-order valence-electron chi connectivity index (χ3n) is 5.29. The summed E-state index contributed by atoms with van der Waals surface area (Å²) in [5.74, 6) is -6.26. The van der Waals surface area contributed by atoms with E-state index in [1.165, 1.54) is 17.3 Å². The third kappa shape index (κ3) is 10.5. The zero-order valence-corrected chi connectivity index (χ0v) is 24.3. The minimum absolute atomic E-state index is 0.0623. The van der Waals surface area contributed by atoms with Crippen molar-refractivity contribution in [1.82, 2.24) is 29.0 Å². The number of nitrogens with one attached hydrogen (secondary N) is 1. The summed E-state index contributed by atoms with van der Waals surface area (Å²) in [4.78, 5) is 50.4. The molecule has 0 saturated heterocycles. The molecule has 0 spiro atoms. The maximum Gasteiger partial charge on any atom is 0.490 e. The van der Waals surface area contributed by atoms with Crippen molar-refractivity contribution < 1.29 is 64.2 Å². The molecule has 21 heteroatoms. The molecule has 0 aliphatic carbocycles. The van der Waals surface area contributed by atoms with Crippen LogP contribution in [0.2, 0.25) is 0 Å². The minimum atomic E-state index is -5.08. The van der Waals surface area contributed by atoms with Crippen LogP contribution in [0.3, 0.4) is 0 Å². The summed E-state index contributed by atoms with van der Waals surface area (Å²) in [6.07, 6.45) is -8.72. The first-order chi connectivity index (χ1) is 20.0. The van der Waals surface area contributed by atoms with Gasteiger partial charge in [0.15, 0.2) is 5.69 Å². The molecule has 0 atom stereocenters. The van der Waals surface area contributed by atoms with Crippen molar-refractivity contribution in [2.24, 2.45) is 0 Å². The van der Waals surface area contributed by atoms with E-state index in [9.17, 15) is 44.3 Å². The number of fused-ring (bicyclic) bond motifs is 3. The smallest absolute Gasteiger partial charge is 0.475 e. The van der Waals surface area contributed by atoms with Gasteiger partial charge >= 0.3 is 24.3 Å². The summed E-state index contributed by atoms with van der Waals surface area (Å²) in [6.45, 7) is 0.599. The van der Waals surface area contributed by atoms with Gasteiger partial charge in [-0.1, -0.05) is 12.1 Å². The Morgan fingerprint density at radius 2 is 1.45 bits per heavy atom. The first kappa shape index (κ1) is 37.8. The predicted octanol–water partition coefficient (Wildman–Crippen LogP) is 1.02. The number of hydrogen-bond donors (Lipinski definition) is 3. The van der Waals surface area contributed by atoms with E-state index in [-0.39, 0.29) is 35.5 Å². The lowest BCUT2D eigenvalue weighted by molar-refractivity contribution is -0.193. The second-order valence-corrected chi connectivity index (χ2v) is 11.0. The van der Waals surface area contributed by atoms with Crippen molar-refractivity contribution in [1.29, 1.82) is 0 Å². The number of carbonyl (C=O) groups excluding carboxylic acids is 2. The van der Waals surface area contributed by atoms with Crippen LogP contribution in [0.25, 0.3) is 5.69 Å². The molecule has 3 rings (SSSR count). The van der Waals surface area contributed by atoms with Crippen LogP contribution in [0, 0.1) is 0 Å². The number of para-hydroxylation sites is 1. The maximum absolute atomic E-state index is 13.3. The summed E-state index contributed by atoms with van der Waals surface area (Å²) < 4.78 is 92.8. The summed E-state index contributed by atoms with van der Waals surface area (Å²) in [7, 11) is 2.97. The molecule has 0 saturated carbocycles.